The molecule has 1 aliphatic heterocycles. The monoisotopic (exact) mass is 348 g/mol. The van der Waals surface area contributed by atoms with E-state index < -0.39 is 17.7 Å². The molecule has 0 fully saturated rings. The van der Waals surface area contributed by atoms with E-state index in [-0.39, 0.29) is 19.9 Å². The van der Waals surface area contributed by atoms with Crippen LogP contribution >= 0.6 is 0 Å². The summed E-state index contributed by atoms with van der Waals surface area (Å²) < 4.78 is 44.2. The zero-order chi connectivity index (χ0) is 17.4. The Hall–Kier alpha value is -2.87. The molecule has 3 aromatic rings. The van der Waals surface area contributed by atoms with E-state index in [1.807, 2.05) is 0 Å². The molecule has 1 atom stereocenters. The van der Waals surface area contributed by atoms with Crippen molar-refractivity contribution >= 4 is 11.0 Å². The standard InChI is InChI=1S/C17H14F2N2O4/c18-12-4-14-15(5-13(12)19)21(8-20-14)6-10(22)7-23-11-1-2-16-17(3-11)25-9-24-16/h1-5,8,10,22H,6-7,9H2/t10-/m1/s1. The molecule has 6 nitrogen and oxygen atoms in total. The molecule has 130 valence electrons. The third kappa shape index (κ3) is 3.08. The summed E-state index contributed by atoms with van der Waals surface area (Å²) in [5.41, 5.74) is 0.726. The van der Waals surface area contributed by atoms with Gasteiger partial charge >= 0.3 is 0 Å². The Morgan fingerprint density at radius 1 is 1.16 bits per heavy atom. The summed E-state index contributed by atoms with van der Waals surface area (Å²) in [6.45, 7) is 0.321. The molecule has 1 N–H and O–H groups in total. The topological polar surface area (TPSA) is 65.7 Å². The highest BCUT2D eigenvalue weighted by molar-refractivity contribution is 5.75. The SMILES string of the molecule is O[C@@H](COc1ccc2c(c1)OCO2)Cn1cnc2cc(F)c(F)cc21. The predicted molar refractivity (Wildman–Crippen MR) is 83.7 cm³/mol. The van der Waals surface area contributed by atoms with Gasteiger partial charge in [-0.2, -0.15) is 0 Å². The molecule has 8 heteroatoms. The van der Waals surface area contributed by atoms with Gasteiger partial charge in [0.25, 0.3) is 0 Å². The number of hydrogen-bond acceptors (Lipinski definition) is 5. The summed E-state index contributed by atoms with van der Waals surface area (Å²) in [4.78, 5) is 4.01. The second-order valence-corrected chi connectivity index (χ2v) is 5.63. The smallest absolute Gasteiger partial charge is 0.231 e. The Morgan fingerprint density at radius 3 is 2.84 bits per heavy atom. The minimum absolute atomic E-state index is 0.0169. The van der Waals surface area contributed by atoms with Crippen LogP contribution in [0.1, 0.15) is 0 Å². The highest BCUT2D eigenvalue weighted by Gasteiger charge is 2.15. The molecule has 0 saturated carbocycles. The van der Waals surface area contributed by atoms with E-state index in [0.717, 1.165) is 12.1 Å². The van der Waals surface area contributed by atoms with E-state index in [0.29, 0.717) is 28.3 Å². The lowest BCUT2D eigenvalue weighted by atomic mass is 10.3. The number of halogens is 2. The van der Waals surface area contributed by atoms with Gasteiger partial charge < -0.3 is 23.9 Å². The normalized spacial score (nSPS) is 14.0. The highest BCUT2D eigenvalue weighted by Crippen LogP contribution is 2.35. The van der Waals surface area contributed by atoms with E-state index in [1.54, 1.807) is 22.8 Å². The van der Waals surface area contributed by atoms with Gasteiger partial charge in [-0.3, -0.25) is 0 Å². The number of nitrogens with zero attached hydrogens (tertiary/aromatic N) is 2. The summed E-state index contributed by atoms with van der Waals surface area (Å²) in [6.07, 6.45) is 0.559. The fraction of sp³-hybridized carbons (Fsp3) is 0.235. The van der Waals surface area contributed by atoms with Crippen molar-refractivity contribution in [1.82, 2.24) is 9.55 Å². The van der Waals surface area contributed by atoms with Crippen LogP contribution in [0.2, 0.25) is 0 Å². The second kappa shape index (κ2) is 6.21. The molecule has 0 bridgehead atoms. The Labute approximate surface area is 141 Å². The maximum Gasteiger partial charge on any atom is 0.231 e. The molecule has 2 aromatic carbocycles. The average Bonchev–Trinajstić information content (AvgIpc) is 3.20. The van der Waals surface area contributed by atoms with Crippen LogP contribution in [0.3, 0.4) is 0 Å². The summed E-state index contributed by atoms with van der Waals surface area (Å²) in [5, 5.41) is 10.2. The molecule has 0 radical (unpaired) electrons. The lowest BCUT2D eigenvalue weighted by molar-refractivity contribution is 0.0933. The summed E-state index contributed by atoms with van der Waals surface area (Å²) >= 11 is 0. The van der Waals surface area contributed by atoms with Gasteiger partial charge in [-0.15, -0.1) is 0 Å². The molecule has 0 saturated heterocycles. The van der Waals surface area contributed by atoms with Gasteiger partial charge in [0, 0.05) is 18.2 Å². The largest absolute Gasteiger partial charge is 0.491 e. The lowest BCUT2D eigenvalue weighted by Crippen LogP contribution is -2.23. The van der Waals surface area contributed by atoms with Crippen LogP contribution in [0, 0.1) is 11.6 Å². The van der Waals surface area contributed by atoms with Crippen LogP contribution in [0.5, 0.6) is 17.2 Å². The molecule has 0 aliphatic carbocycles. The molecule has 1 aromatic heterocycles. The first-order valence-corrected chi connectivity index (χ1v) is 7.60. The van der Waals surface area contributed by atoms with Crippen LogP contribution in [0.4, 0.5) is 8.78 Å². The van der Waals surface area contributed by atoms with Crippen LogP contribution in [-0.4, -0.2) is 34.2 Å². The molecule has 0 spiro atoms. The molecule has 4 rings (SSSR count). The number of hydrogen-bond donors (Lipinski definition) is 1. The number of benzene rings is 2. The summed E-state index contributed by atoms with van der Waals surface area (Å²) in [6, 6.07) is 7.20. The van der Waals surface area contributed by atoms with Gasteiger partial charge in [0.1, 0.15) is 18.5 Å². The van der Waals surface area contributed by atoms with E-state index >= 15 is 0 Å². The van der Waals surface area contributed by atoms with Crippen LogP contribution in [0.15, 0.2) is 36.7 Å². The Morgan fingerprint density at radius 2 is 1.96 bits per heavy atom. The Bertz CT molecular complexity index is 928. The summed E-state index contributed by atoms with van der Waals surface area (Å²) in [7, 11) is 0. The van der Waals surface area contributed by atoms with Crippen molar-refractivity contribution in [2.45, 2.75) is 12.6 Å². The minimum atomic E-state index is -0.958. The first-order chi connectivity index (χ1) is 12.1. The average molecular weight is 348 g/mol. The van der Waals surface area contributed by atoms with Crippen molar-refractivity contribution < 1.29 is 28.1 Å². The predicted octanol–water partition coefficient (Wildman–Crippen LogP) is 2.48. The van der Waals surface area contributed by atoms with E-state index in [1.165, 1.54) is 6.33 Å². The number of imidazole rings is 1. The fourth-order valence-electron chi connectivity index (χ4n) is 2.64. The quantitative estimate of drug-likeness (QED) is 0.767. The molecular weight excluding hydrogens is 334 g/mol. The van der Waals surface area contributed by atoms with Crippen molar-refractivity contribution in [1.29, 1.82) is 0 Å². The first-order valence-electron chi connectivity index (χ1n) is 7.60. The molecule has 1 aliphatic rings. The van der Waals surface area contributed by atoms with Gasteiger partial charge in [-0.1, -0.05) is 0 Å². The number of aliphatic hydroxyl groups excluding tert-OH is 1. The van der Waals surface area contributed by atoms with Crippen molar-refractivity contribution in [3.63, 3.8) is 0 Å². The molecule has 0 amide bonds. The zero-order valence-corrected chi connectivity index (χ0v) is 13.0. The van der Waals surface area contributed by atoms with E-state index in [2.05, 4.69) is 4.98 Å². The van der Waals surface area contributed by atoms with E-state index in [4.69, 9.17) is 14.2 Å². The van der Waals surface area contributed by atoms with Gasteiger partial charge in [0.2, 0.25) is 6.79 Å². The number of aromatic nitrogens is 2. The van der Waals surface area contributed by atoms with Crippen molar-refractivity contribution in [2.75, 3.05) is 13.4 Å². The zero-order valence-electron chi connectivity index (χ0n) is 13.0. The Balaban J connectivity index is 1.42. The van der Waals surface area contributed by atoms with Gasteiger partial charge in [-0.25, -0.2) is 13.8 Å². The van der Waals surface area contributed by atoms with Crippen molar-refractivity contribution in [2.24, 2.45) is 0 Å². The molecule has 0 unspecified atom stereocenters. The number of ether oxygens (including phenoxy) is 3. The van der Waals surface area contributed by atoms with Crippen LogP contribution in [0.25, 0.3) is 11.0 Å². The van der Waals surface area contributed by atoms with Gasteiger partial charge in [-0.05, 0) is 12.1 Å². The lowest BCUT2D eigenvalue weighted by Gasteiger charge is -2.14. The minimum Gasteiger partial charge on any atom is -0.491 e. The van der Waals surface area contributed by atoms with Crippen LogP contribution in [-0.2, 0) is 6.54 Å². The maximum atomic E-state index is 13.4. The van der Waals surface area contributed by atoms with Crippen molar-refractivity contribution in [3.05, 3.63) is 48.3 Å². The molecular formula is C17H14F2N2O4. The van der Waals surface area contributed by atoms with E-state index in [9.17, 15) is 13.9 Å². The maximum absolute atomic E-state index is 13.4. The summed E-state index contributed by atoms with van der Waals surface area (Å²) in [5.74, 6) is -0.145. The third-order valence-electron chi connectivity index (χ3n) is 3.86. The fourth-order valence-corrected chi connectivity index (χ4v) is 2.64. The first kappa shape index (κ1) is 15.6. The second-order valence-electron chi connectivity index (χ2n) is 5.63. The van der Waals surface area contributed by atoms with Gasteiger partial charge in [0.15, 0.2) is 23.1 Å². The molecule has 25 heavy (non-hydrogen) atoms. The highest BCUT2D eigenvalue weighted by atomic mass is 19.2. The van der Waals surface area contributed by atoms with Gasteiger partial charge in [0.05, 0.1) is 23.9 Å². The third-order valence-corrected chi connectivity index (χ3v) is 3.86. The number of rotatable bonds is 5. The number of fused-ring (bicyclic) bond motifs is 2. The van der Waals surface area contributed by atoms with Crippen molar-refractivity contribution in [3.8, 4) is 17.2 Å². The van der Waals surface area contributed by atoms with Crippen LogP contribution < -0.4 is 14.2 Å². The molecule has 2 heterocycles. The Kier molecular flexibility index (Phi) is 3.89. The number of aliphatic hydroxyl groups is 1.